The molecule has 1 atom stereocenters. The Bertz CT molecular complexity index is 825. The maximum atomic E-state index is 13.0. The summed E-state index contributed by atoms with van der Waals surface area (Å²) in [4.78, 5) is 27.3. The van der Waals surface area contributed by atoms with E-state index in [1.165, 1.54) is 0 Å². The second kappa shape index (κ2) is 11.1. The number of rotatable bonds is 9. The predicted molar refractivity (Wildman–Crippen MR) is 116 cm³/mol. The van der Waals surface area contributed by atoms with Crippen molar-refractivity contribution in [3.63, 3.8) is 0 Å². The van der Waals surface area contributed by atoms with E-state index in [1.54, 1.807) is 41.3 Å². The van der Waals surface area contributed by atoms with E-state index < -0.39 is 6.04 Å². The highest BCUT2D eigenvalue weighted by Crippen LogP contribution is 2.19. The van der Waals surface area contributed by atoms with E-state index in [0.717, 1.165) is 5.56 Å². The van der Waals surface area contributed by atoms with Crippen LogP contribution >= 0.6 is 23.2 Å². The minimum atomic E-state index is -0.608. The van der Waals surface area contributed by atoms with Gasteiger partial charge in [0.2, 0.25) is 5.91 Å². The molecule has 2 aromatic rings. The zero-order valence-electron chi connectivity index (χ0n) is 16.8. The van der Waals surface area contributed by atoms with E-state index in [4.69, 9.17) is 27.9 Å². The molecule has 0 saturated carbocycles. The molecule has 0 spiro atoms. The van der Waals surface area contributed by atoms with Crippen LogP contribution in [0.1, 0.15) is 32.8 Å². The molecule has 0 fully saturated rings. The summed E-state index contributed by atoms with van der Waals surface area (Å²) in [6.45, 7) is 5.74. The van der Waals surface area contributed by atoms with Crippen LogP contribution in [-0.2, 0) is 16.1 Å². The van der Waals surface area contributed by atoms with Crippen LogP contribution in [0, 0.1) is 0 Å². The standard InChI is InChI=1S/C22H26Cl2N2O3/c1-4-20(22(28)25-15(2)3)26(13-16-8-10-17(23)11-9-16)21(27)14-29-19-7-5-6-18(24)12-19/h5-12,15,20H,4,13-14H2,1-3H3,(H,25,28)/t20-/m1/s1. The third-order valence-electron chi connectivity index (χ3n) is 4.24. The van der Waals surface area contributed by atoms with Crippen LogP contribution in [0.4, 0.5) is 0 Å². The summed E-state index contributed by atoms with van der Waals surface area (Å²) < 4.78 is 5.61. The van der Waals surface area contributed by atoms with Gasteiger partial charge < -0.3 is 15.0 Å². The van der Waals surface area contributed by atoms with Gasteiger partial charge in [0.25, 0.3) is 5.91 Å². The number of carbonyl (C=O) groups excluding carboxylic acids is 2. The van der Waals surface area contributed by atoms with E-state index in [2.05, 4.69) is 5.32 Å². The average molecular weight is 437 g/mol. The van der Waals surface area contributed by atoms with Crippen molar-refractivity contribution in [3.8, 4) is 5.75 Å². The van der Waals surface area contributed by atoms with Crippen LogP contribution in [0.2, 0.25) is 10.0 Å². The maximum absolute atomic E-state index is 13.0. The third kappa shape index (κ3) is 7.26. The Labute approximate surface area is 181 Å². The van der Waals surface area contributed by atoms with Crippen molar-refractivity contribution in [1.29, 1.82) is 0 Å². The van der Waals surface area contributed by atoms with Gasteiger partial charge in [-0.1, -0.05) is 48.3 Å². The third-order valence-corrected chi connectivity index (χ3v) is 4.73. The second-order valence-electron chi connectivity index (χ2n) is 6.98. The first-order chi connectivity index (χ1) is 13.8. The molecule has 0 bridgehead atoms. The molecular weight excluding hydrogens is 411 g/mol. The number of amides is 2. The van der Waals surface area contributed by atoms with Gasteiger partial charge in [0.15, 0.2) is 6.61 Å². The summed E-state index contributed by atoms with van der Waals surface area (Å²) >= 11 is 11.9. The number of carbonyl (C=O) groups is 2. The molecule has 0 radical (unpaired) electrons. The Morgan fingerprint density at radius 2 is 1.76 bits per heavy atom. The molecule has 2 aromatic carbocycles. The monoisotopic (exact) mass is 436 g/mol. The minimum Gasteiger partial charge on any atom is -0.484 e. The van der Waals surface area contributed by atoms with E-state index in [-0.39, 0.29) is 31.0 Å². The van der Waals surface area contributed by atoms with Crippen LogP contribution in [0.5, 0.6) is 5.75 Å². The summed E-state index contributed by atoms with van der Waals surface area (Å²) in [6.07, 6.45) is 0.481. The smallest absolute Gasteiger partial charge is 0.261 e. The van der Waals surface area contributed by atoms with Crippen LogP contribution in [0.3, 0.4) is 0 Å². The number of halogens is 2. The highest BCUT2D eigenvalue weighted by molar-refractivity contribution is 6.30. The van der Waals surface area contributed by atoms with Gasteiger partial charge in [-0.05, 0) is 56.2 Å². The lowest BCUT2D eigenvalue weighted by Crippen LogP contribution is -2.51. The zero-order valence-corrected chi connectivity index (χ0v) is 18.3. The van der Waals surface area contributed by atoms with Crippen molar-refractivity contribution >= 4 is 35.0 Å². The van der Waals surface area contributed by atoms with Gasteiger partial charge in [-0.2, -0.15) is 0 Å². The second-order valence-corrected chi connectivity index (χ2v) is 7.85. The molecule has 0 aromatic heterocycles. The van der Waals surface area contributed by atoms with Gasteiger partial charge in [0.05, 0.1) is 0 Å². The fourth-order valence-electron chi connectivity index (χ4n) is 2.87. The molecule has 0 aliphatic carbocycles. The summed E-state index contributed by atoms with van der Waals surface area (Å²) in [7, 11) is 0. The first kappa shape index (κ1) is 23.0. The topological polar surface area (TPSA) is 58.6 Å². The lowest BCUT2D eigenvalue weighted by molar-refractivity contribution is -0.143. The SMILES string of the molecule is CC[C@H](C(=O)NC(C)C)N(Cc1ccc(Cl)cc1)C(=O)COc1cccc(Cl)c1. The Morgan fingerprint density at radius 3 is 2.34 bits per heavy atom. The van der Waals surface area contributed by atoms with Gasteiger partial charge in [-0.25, -0.2) is 0 Å². The molecule has 2 amide bonds. The summed E-state index contributed by atoms with van der Waals surface area (Å²) in [5.74, 6) is 0.0234. The summed E-state index contributed by atoms with van der Waals surface area (Å²) in [5, 5.41) is 4.03. The average Bonchev–Trinajstić information content (AvgIpc) is 2.67. The number of benzene rings is 2. The lowest BCUT2D eigenvalue weighted by Gasteiger charge is -2.31. The van der Waals surface area contributed by atoms with Crippen molar-refractivity contribution < 1.29 is 14.3 Å². The van der Waals surface area contributed by atoms with Gasteiger partial charge in [-0.3, -0.25) is 9.59 Å². The van der Waals surface area contributed by atoms with E-state index in [9.17, 15) is 9.59 Å². The molecule has 7 heteroatoms. The fourth-order valence-corrected chi connectivity index (χ4v) is 3.18. The molecule has 29 heavy (non-hydrogen) atoms. The summed E-state index contributed by atoms with van der Waals surface area (Å²) in [5.41, 5.74) is 0.876. The number of hydrogen-bond donors (Lipinski definition) is 1. The van der Waals surface area contributed by atoms with Crippen molar-refractivity contribution in [3.05, 3.63) is 64.1 Å². The Morgan fingerprint density at radius 1 is 1.07 bits per heavy atom. The van der Waals surface area contributed by atoms with Crippen molar-refractivity contribution in [2.45, 2.75) is 45.8 Å². The van der Waals surface area contributed by atoms with Crippen LogP contribution in [-0.4, -0.2) is 35.4 Å². The maximum Gasteiger partial charge on any atom is 0.261 e. The molecule has 0 unspecified atom stereocenters. The summed E-state index contributed by atoms with van der Waals surface area (Å²) in [6, 6.07) is 13.4. The fraction of sp³-hybridized carbons (Fsp3) is 0.364. The quantitative estimate of drug-likeness (QED) is 0.619. The highest BCUT2D eigenvalue weighted by Gasteiger charge is 2.29. The van der Waals surface area contributed by atoms with Crippen molar-refractivity contribution in [2.24, 2.45) is 0 Å². The Hall–Kier alpha value is -2.24. The van der Waals surface area contributed by atoms with Gasteiger partial charge >= 0.3 is 0 Å². The van der Waals surface area contributed by atoms with Gasteiger partial charge in [0, 0.05) is 22.6 Å². The van der Waals surface area contributed by atoms with Gasteiger partial charge in [-0.15, -0.1) is 0 Å². The van der Waals surface area contributed by atoms with E-state index >= 15 is 0 Å². The number of nitrogens with zero attached hydrogens (tertiary/aromatic N) is 1. The van der Waals surface area contributed by atoms with E-state index in [1.807, 2.05) is 32.9 Å². The minimum absolute atomic E-state index is 0.0215. The van der Waals surface area contributed by atoms with E-state index in [0.29, 0.717) is 22.2 Å². The molecule has 2 rings (SSSR count). The first-order valence-electron chi connectivity index (χ1n) is 9.52. The Balaban J connectivity index is 2.20. The largest absolute Gasteiger partial charge is 0.484 e. The van der Waals surface area contributed by atoms with Gasteiger partial charge in [0.1, 0.15) is 11.8 Å². The van der Waals surface area contributed by atoms with Crippen LogP contribution in [0.25, 0.3) is 0 Å². The lowest BCUT2D eigenvalue weighted by atomic mass is 10.1. The van der Waals surface area contributed by atoms with Crippen molar-refractivity contribution in [1.82, 2.24) is 10.2 Å². The first-order valence-corrected chi connectivity index (χ1v) is 10.3. The zero-order chi connectivity index (χ0) is 21.4. The number of hydrogen-bond acceptors (Lipinski definition) is 3. The van der Waals surface area contributed by atoms with Crippen LogP contribution in [0.15, 0.2) is 48.5 Å². The molecule has 0 aliphatic heterocycles. The molecule has 0 heterocycles. The molecule has 0 aliphatic rings. The molecule has 0 saturated heterocycles. The normalized spacial score (nSPS) is 11.8. The number of ether oxygens (including phenoxy) is 1. The molecule has 5 nitrogen and oxygen atoms in total. The number of nitrogens with one attached hydrogen (secondary N) is 1. The Kier molecular flexibility index (Phi) is 8.80. The van der Waals surface area contributed by atoms with Crippen LogP contribution < -0.4 is 10.1 Å². The molecular formula is C22H26Cl2N2O3. The van der Waals surface area contributed by atoms with Crippen molar-refractivity contribution in [2.75, 3.05) is 6.61 Å². The molecule has 156 valence electrons. The predicted octanol–water partition coefficient (Wildman–Crippen LogP) is 4.70. The molecule has 1 N–H and O–H groups in total. The highest BCUT2D eigenvalue weighted by atomic mass is 35.5.